The molecule has 0 saturated heterocycles. The van der Waals surface area contributed by atoms with E-state index in [0.717, 1.165) is 16.9 Å². The molecule has 0 bridgehead atoms. The van der Waals surface area contributed by atoms with Crippen LogP contribution in [0, 0.1) is 0 Å². The van der Waals surface area contributed by atoms with Crippen molar-refractivity contribution in [2.45, 2.75) is 25.6 Å². The minimum absolute atomic E-state index is 0.127. The molecule has 0 aromatic carbocycles. The highest BCUT2D eigenvalue weighted by atomic mass is 35.5. The number of aromatic nitrogens is 2. The molecule has 0 aliphatic rings. The van der Waals surface area contributed by atoms with Crippen molar-refractivity contribution in [3.63, 3.8) is 0 Å². The first kappa shape index (κ1) is 15.5. The van der Waals surface area contributed by atoms with Gasteiger partial charge in [0.1, 0.15) is 6.54 Å². The van der Waals surface area contributed by atoms with Gasteiger partial charge in [-0.15, -0.1) is 0 Å². The van der Waals surface area contributed by atoms with Crippen LogP contribution < -0.4 is 5.32 Å². The lowest BCUT2D eigenvalue weighted by atomic mass is 10.3. The van der Waals surface area contributed by atoms with Crippen molar-refractivity contribution in [1.29, 1.82) is 0 Å². The first-order valence-electron chi connectivity index (χ1n) is 5.34. The Labute approximate surface area is 111 Å². The van der Waals surface area contributed by atoms with Crippen LogP contribution in [0.1, 0.15) is 18.5 Å². The second-order valence-corrected chi connectivity index (χ2v) is 4.13. The summed E-state index contributed by atoms with van der Waals surface area (Å²) in [7, 11) is 0. The van der Waals surface area contributed by atoms with Crippen molar-refractivity contribution < 1.29 is 22.8 Å². The summed E-state index contributed by atoms with van der Waals surface area (Å²) in [6, 6.07) is 0.791. The van der Waals surface area contributed by atoms with E-state index in [4.69, 9.17) is 11.6 Å². The van der Waals surface area contributed by atoms with Crippen molar-refractivity contribution >= 4 is 22.8 Å². The fourth-order valence-corrected chi connectivity index (χ4v) is 1.39. The number of rotatable bonds is 6. The Morgan fingerprint density at radius 2 is 2.11 bits per heavy atom. The minimum Gasteiger partial charge on any atom is -0.354 e. The Morgan fingerprint density at radius 1 is 1.42 bits per heavy atom. The fraction of sp³-hybridized carbons (Fsp3) is 0.500. The molecule has 19 heavy (non-hydrogen) atoms. The molecular weight excluding hydrogens is 287 g/mol. The zero-order valence-corrected chi connectivity index (χ0v) is 10.5. The Morgan fingerprint density at radius 3 is 2.63 bits per heavy atom. The Balaban J connectivity index is 2.36. The number of carbonyl (C=O) groups is 2. The normalized spacial score (nSPS) is 11.4. The number of amides is 1. The zero-order chi connectivity index (χ0) is 14.5. The summed E-state index contributed by atoms with van der Waals surface area (Å²) >= 11 is 5.10. The van der Waals surface area contributed by atoms with Gasteiger partial charge in [-0.3, -0.25) is 14.3 Å². The van der Waals surface area contributed by atoms with Gasteiger partial charge in [-0.25, -0.2) is 0 Å². The average molecular weight is 298 g/mol. The predicted molar refractivity (Wildman–Crippen MR) is 60.3 cm³/mol. The van der Waals surface area contributed by atoms with Gasteiger partial charge in [-0.1, -0.05) is 0 Å². The molecule has 5 nitrogen and oxygen atoms in total. The molecule has 106 valence electrons. The van der Waals surface area contributed by atoms with E-state index in [9.17, 15) is 22.8 Å². The van der Waals surface area contributed by atoms with E-state index in [1.807, 2.05) is 0 Å². The van der Waals surface area contributed by atoms with Crippen LogP contribution in [0.4, 0.5) is 13.2 Å². The molecule has 0 aliphatic carbocycles. The van der Waals surface area contributed by atoms with E-state index in [1.54, 1.807) is 0 Å². The van der Waals surface area contributed by atoms with Crippen molar-refractivity contribution in [3.8, 4) is 0 Å². The third-order valence-electron chi connectivity index (χ3n) is 2.11. The lowest BCUT2D eigenvalue weighted by molar-refractivity contribution is -0.141. The molecule has 0 spiro atoms. The van der Waals surface area contributed by atoms with Crippen molar-refractivity contribution in [2.75, 3.05) is 6.54 Å². The maximum Gasteiger partial charge on any atom is 0.435 e. The fourth-order valence-electron chi connectivity index (χ4n) is 1.26. The number of halogens is 4. The number of nitrogens with zero attached hydrogens (tertiary/aromatic N) is 2. The topological polar surface area (TPSA) is 64.0 Å². The van der Waals surface area contributed by atoms with Crippen LogP contribution in [-0.4, -0.2) is 27.5 Å². The predicted octanol–water partition coefficient (Wildman–Crippen LogP) is 1.56. The van der Waals surface area contributed by atoms with Crippen molar-refractivity contribution in [3.05, 3.63) is 18.0 Å². The van der Waals surface area contributed by atoms with Crippen molar-refractivity contribution in [1.82, 2.24) is 15.1 Å². The van der Waals surface area contributed by atoms with Crippen LogP contribution in [-0.2, 0) is 22.3 Å². The molecule has 1 rings (SSSR count). The lowest BCUT2D eigenvalue weighted by Gasteiger charge is -2.05. The van der Waals surface area contributed by atoms with Gasteiger partial charge in [0.2, 0.25) is 11.1 Å². The molecule has 0 radical (unpaired) electrons. The highest BCUT2D eigenvalue weighted by Crippen LogP contribution is 2.27. The van der Waals surface area contributed by atoms with Gasteiger partial charge in [0, 0.05) is 19.2 Å². The van der Waals surface area contributed by atoms with Gasteiger partial charge < -0.3 is 5.32 Å². The van der Waals surface area contributed by atoms with E-state index < -0.39 is 23.0 Å². The first-order chi connectivity index (χ1) is 8.79. The minimum atomic E-state index is -4.53. The molecule has 0 atom stereocenters. The molecule has 1 aromatic heterocycles. The number of alkyl halides is 3. The monoisotopic (exact) mass is 297 g/mol. The van der Waals surface area contributed by atoms with E-state index >= 15 is 0 Å². The van der Waals surface area contributed by atoms with Crippen LogP contribution >= 0.6 is 11.6 Å². The summed E-state index contributed by atoms with van der Waals surface area (Å²) < 4.78 is 37.6. The summed E-state index contributed by atoms with van der Waals surface area (Å²) in [5.41, 5.74) is -1.05. The standard InChI is InChI=1S/C10H11ClF3N3O2/c11-8(18)2-1-4-15-9(19)6-17-5-3-7(16-17)10(12,13)14/h3,5H,1-2,4,6H2,(H,15,19). The molecule has 0 saturated carbocycles. The molecule has 0 aliphatic heterocycles. The quantitative estimate of drug-likeness (QED) is 0.640. The molecule has 1 N–H and O–H groups in total. The molecule has 1 aromatic rings. The highest BCUT2D eigenvalue weighted by Gasteiger charge is 2.33. The van der Waals surface area contributed by atoms with E-state index in [2.05, 4.69) is 10.4 Å². The third kappa shape index (κ3) is 5.73. The number of carbonyl (C=O) groups excluding carboxylic acids is 2. The Bertz CT molecular complexity index is 459. The number of hydrogen-bond acceptors (Lipinski definition) is 3. The van der Waals surface area contributed by atoms with E-state index in [0.29, 0.717) is 6.42 Å². The second kappa shape index (κ2) is 6.55. The summed E-state index contributed by atoms with van der Waals surface area (Å²) in [5.74, 6) is -0.487. The van der Waals surface area contributed by atoms with E-state index in [1.165, 1.54) is 0 Å². The summed E-state index contributed by atoms with van der Waals surface area (Å²) in [6.45, 7) is -0.0877. The molecule has 9 heteroatoms. The van der Waals surface area contributed by atoms with Gasteiger partial charge in [0.25, 0.3) is 0 Å². The van der Waals surface area contributed by atoms with Gasteiger partial charge in [-0.2, -0.15) is 18.3 Å². The third-order valence-corrected chi connectivity index (χ3v) is 2.30. The van der Waals surface area contributed by atoms with Gasteiger partial charge in [0.15, 0.2) is 5.69 Å². The number of hydrogen-bond donors (Lipinski definition) is 1. The van der Waals surface area contributed by atoms with Gasteiger partial charge in [-0.05, 0) is 24.1 Å². The molecule has 1 heterocycles. The average Bonchev–Trinajstić information content (AvgIpc) is 2.72. The van der Waals surface area contributed by atoms with Gasteiger partial charge >= 0.3 is 6.18 Å². The van der Waals surface area contributed by atoms with Gasteiger partial charge in [0.05, 0.1) is 0 Å². The summed E-state index contributed by atoms with van der Waals surface area (Å²) in [6.07, 6.45) is -2.95. The maximum absolute atomic E-state index is 12.2. The van der Waals surface area contributed by atoms with E-state index in [-0.39, 0.29) is 19.5 Å². The Kier molecular flexibility index (Phi) is 5.34. The zero-order valence-electron chi connectivity index (χ0n) is 9.71. The molecular formula is C10H11ClF3N3O2. The summed E-state index contributed by atoms with van der Waals surface area (Å²) in [4.78, 5) is 21.8. The van der Waals surface area contributed by atoms with Crippen LogP contribution in [0.5, 0.6) is 0 Å². The smallest absolute Gasteiger partial charge is 0.354 e. The van der Waals surface area contributed by atoms with Crippen LogP contribution in [0.25, 0.3) is 0 Å². The Hall–Kier alpha value is -1.57. The second-order valence-electron chi connectivity index (χ2n) is 3.70. The molecule has 1 amide bonds. The van der Waals surface area contributed by atoms with Crippen LogP contribution in [0.3, 0.4) is 0 Å². The maximum atomic E-state index is 12.2. The van der Waals surface area contributed by atoms with Crippen molar-refractivity contribution in [2.24, 2.45) is 0 Å². The molecule has 0 fully saturated rings. The highest BCUT2D eigenvalue weighted by molar-refractivity contribution is 6.63. The summed E-state index contributed by atoms with van der Waals surface area (Å²) in [5, 5.41) is 5.17. The van der Waals surface area contributed by atoms with Crippen LogP contribution in [0.2, 0.25) is 0 Å². The largest absolute Gasteiger partial charge is 0.435 e. The SMILES string of the molecule is O=C(Cl)CCCNC(=O)Cn1ccc(C(F)(F)F)n1. The molecule has 0 unspecified atom stereocenters. The number of nitrogens with one attached hydrogen (secondary N) is 1. The van der Waals surface area contributed by atoms with Crippen LogP contribution in [0.15, 0.2) is 12.3 Å². The first-order valence-corrected chi connectivity index (χ1v) is 5.72. The lowest BCUT2D eigenvalue weighted by Crippen LogP contribution is -2.29.